The first-order valence-electron chi connectivity index (χ1n) is 9.71. The maximum absolute atomic E-state index is 13.4. The molecule has 0 N–H and O–H groups in total. The molecule has 4 rings (SSSR count). The Morgan fingerprint density at radius 1 is 0.844 bits per heavy atom. The molecule has 0 saturated carbocycles. The highest BCUT2D eigenvalue weighted by Crippen LogP contribution is 2.30. The molecule has 1 unspecified atom stereocenters. The zero-order valence-electron chi connectivity index (χ0n) is 16.7. The van der Waals surface area contributed by atoms with Gasteiger partial charge in [0.2, 0.25) is 15.9 Å². The van der Waals surface area contributed by atoms with Gasteiger partial charge in [-0.15, -0.1) is 0 Å². The van der Waals surface area contributed by atoms with E-state index in [2.05, 4.69) is 0 Å². The lowest BCUT2D eigenvalue weighted by atomic mass is 10.2. The normalized spacial score (nSPS) is 16.7. The summed E-state index contributed by atoms with van der Waals surface area (Å²) in [5, 5.41) is 0. The van der Waals surface area contributed by atoms with E-state index in [1.165, 1.54) is 12.1 Å². The first-order valence-corrected chi connectivity index (χ1v) is 11.1. The number of carbonyl (C=O) groups excluding carboxylic acids is 2. The predicted molar refractivity (Wildman–Crippen MR) is 113 cm³/mol. The van der Waals surface area contributed by atoms with Gasteiger partial charge in [0.1, 0.15) is 17.7 Å². The van der Waals surface area contributed by atoms with E-state index < -0.39 is 39.5 Å². The number of hydrogen-bond acceptors (Lipinski definition) is 4. The zero-order chi connectivity index (χ0) is 22.9. The van der Waals surface area contributed by atoms with Crippen molar-refractivity contribution in [1.82, 2.24) is 4.31 Å². The van der Waals surface area contributed by atoms with Gasteiger partial charge < -0.3 is 0 Å². The van der Waals surface area contributed by atoms with Gasteiger partial charge in [-0.3, -0.25) is 9.59 Å². The van der Waals surface area contributed by atoms with E-state index in [0.29, 0.717) is 5.56 Å². The molecule has 2 amide bonds. The number of nitrogens with zero attached hydrogens (tertiary/aromatic N) is 2. The second-order valence-electron chi connectivity index (χ2n) is 7.25. The van der Waals surface area contributed by atoms with E-state index >= 15 is 0 Å². The summed E-state index contributed by atoms with van der Waals surface area (Å²) in [6.45, 7) is -0.165. The Bertz CT molecular complexity index is 1250. The van der Waals surface area contributed by atoms with Crippen molar-refractivity contribution >= 4 is 27.5 Å². The van der Waals surface area contributed by atoms with Gasteiger partial charge in [0.25, 0.3) is 5.91 Å². The predicted octanol–water partition coefficient (Wildman–Crippen LogP) is 3.49. The number of benzene rings is 3. The molecule has 1 heterocycles. The SMILES string of the molecule is O=C1CC(N(Cc2ccccc2)S(=O)(=O)c2ccc(F)cc2)C(=O)N1c1ccc(F)cc1. The summed E-state index contributed by atoms with van der Waals surface area (Å²) in [5.74, 6) is -2.47. The maximum Gasteiger partial charge on any atom is 0.252 e. The molecule has 0 spiro atoms. The first-order chi connectivity index (χ1) is 15.3. The summed E-state index contributed by atoms with van der Waals surface area (Å²) in [4.78, 5) is 26.6. The van der Waals surface area contributed by atoms with Crippen LogP contribution in [0, 0.1) is 11.6 Å². The minimum atomic E-state index is -4.26. The monoisotopic (exact) mass is 456 g/mol. The maximum atomic E-state index is 13.4. The summed E-state index contributed by atoms with van der Waals surface area (Å²) in [7, 11) is -4.26. The van der Waals surface area contributed by atoms with Crippen molar-refractivity contribution in [3.63, 3.8) is 0 Å². The lowest BCUT2D eigenvalue weighted by Crippen LogP contribution is -2.45. The van der Waals surface area contributed by atoms with E-state index in [4.69, 9.17) is 0 Å². The van der Waals surface area contributed by atoms with E-state index in [9.17, 15) is 26.8 Å². The lowest BCUT2D eigenvalue weighted by molar-refractivity contribution is -0.122. The van der Waals surface area contributed by atoms with Crippen LogP contribution in [0.3, 0.4) is 0 Å². The molecule has 6 nitrogen and oxygen atoms in total. The highest BCUT2D eigenvalue weighted by Gasteiger charge is 2.47. The average molecular weight is 456 g/mol. The Labute approximate surface area is 183 Å². The third kappa shape index (κ3) is 4.17. The molecule has 0 radical (unpaired) electrons. The molecule has 164 valence electrons. The molecular weight excluding hydrogens is 438 g/mol. The van der Waals surface area contributed by atoms with Crippen LogP contribution in [0.4, 0.5) is 14.5 Å². The topological polar surface area (TPSA) is 74.8 Å². The van der Waals surface area contributed by atoms with Gasteiger partial charge in [0.05, 0.1) is 17.0 Å². The number of sulfonamides is 1. The van der Waals surface area contributed by atoms with Crippen LogP contribution in [0.25, 0.3) is 0 Å². The Morgan fingerprint density at radius 2 is 1.41 bits per heavy atom. The third-order valence-electron chi connectivity index (χ3n) is 5.16. The Hall–Kier alpha value is -3.43. The van der Waals surface area contributed by atoms with Crippen LogP contribution in [-0.4, -0.2) is 30.6 Å². The van der Waals surface area contributed by atoms with Crippen LogP contribution in [0.2, 0.25) is 0 Å². The van der Waals surface area contributed by atoms with Crippen molar-refractivity contribution in [2.75, 3.05) is 4.90 Å². The fraction of sp³-hybridized carbons (Fsp3) is 0.130. The molecule has 1 aliphatic rings. The Morgan fingerprint density at radius 3 is 2.00 bits per heavy atom. The molecule has 1 saturated heterocycles. The fourth-order valence-electron chi connectivity index (χ4n) is 3.57. The van der Waals surface area contributed by atoms with E-state index in [0.717, 1.165) is 45.6 Å². The Kier molecular flexibility index (Phi) is 5.86. The average Bonchev–Trinajstić information content (AvgIpc) is 3.07. The summed E-state index contributed by atoms with van der Waals surface area (Å²) >= 11 is 0. The number of carbonyl (C=O) groups is 2. The van der Waals surface area contributed by atoms with Crippen LogP contribution in [0.5, 0.6) is 0 Å². The van der Waals surface area contributed by atoms with Gasteiger partial charge in [-0.1, -0.05) is 30.3 Å². The number of hydrogen-bond donors (Lipinski definition) is 0. The molecule has 3 aromatic carbocycles. The Balaban J connectivity index is 1.74. The zero-order valence-corrected chi connectivity index (χ0v) is 17.5. The van der Waals surface area contributed by atoms with E-state index in [1.807, 2.05) is 0 Å². The number of amides is 2. The van der Waals surface area contributed by atoms with Crippen LogP contribution < -0.4 is 4.90 Å². The molecule has 1 atom stereocenters. The van der Waals surface area contributed by atoms with Gasteiger partial charge >= 0.3 is 0 Å². The molecule has 9 heteroatoms. The second-order valence-corrected chi connectivity index (χ2v) is 9.14. The summed E-state index contributed by atoms with van der Waals surface area (Å²) in [6, 6.07) is 16.4. The van der Waals surface area contributed by atoms with Crippen molar-refractivity contribution < 1.29 is 26.8 Å². The molecule has 0 aromatic heterocycles. The highest BCUT2D eigenvalue weighted by molar-refractivity contribution is 7.89. The minimum absolute atomic E-state index is 0.155. The van der Waals surface area contributed by atoms with Crippen molar-refractivity contribution in [1.29, 1.82) is 0 Å². The molecule has 32 heavy (non-hydrogen) atoms. The molecule has 1 aliphatic heterocycles. The quantitative estimate of drug-likeness (QED) is 0.533. The summed E-state index contributed by atoms with van der Waals surface area (Å²) < 4.78 is 54.5. The van der Waals surface area contributed by atoms with Gasteiger partial charge in [0.15, 0.2) is 0 Å². The molecule has 1 fully saturated rings. The van der Waals surface area contributed by atoms with Crippen molar-refractivity contribution in [2.45, 2.75) is 23.9 Å². The molecule has 0 bridgehead atoms. The lowest BCUT2D eigenvalue weighted by Gasteiger charge is -2.27. The van der Waals surface area contributed by atoms with Crippen LogP contribution >= 0.6 is 0 Å². The smallest absolute Gasteiger partial charge is 0.252 e. The summed E-state index contributed by atoms with van der Waals surface area (Å²) in [6.07, 6.45) is -0.372. The van der Waals surface area contributed by atoms with E-state index in [-0.39, 0.29) is 23.5 Å². The first kappa shape index (κ1) is 21.8. The van der Waals surface area contributed by atoms with E-state index in [1.54, 1.807) is 30.3 Å². The van der Waals surface area contributed by atoms with Crippen molar-refractivity contribution in [3.05, 3.63) is 96.1 Å². The van der Waals surface area contributed by atoms with Gasteiger partial charge in [-0.25, -0.2) is 22.1 Å². The van der Waals surface area contributed by atoms with Crippen molar-refractivity contribution in [2.24, 2.45) is 0 Å². The fourth-order valence-corrected chi connectivity index (χ4v) is 5.14. The van der Waals surface area contributed by atoms with Gasteiger partial charge in [-0.05, 0) is 54.1 Å². The number of halogens is 2. The standard InChI is InChI=1S/C23H18F2N2O4S/c24-17-6-10-19(11-7-17)27-22(28)14-21(23(27)29)26(15-16-4-2-1-3-5-16)32(30,31)20-12-8-18(25)9-13-20/h1-13,21H,14-15H2. The van der Waals surface area contributed by atoms with Crippen LogP contribution in [0.1, 0.15) is 12.0 Å². The number of anilines is 1. The second kappa shape index (κ2) is 8.60. The number of rotatable bonds is 6. The summed E-state index contributed by atoms with van der Waals surface area (Å²) in [5.41, 5.74) is 0.765. The molecule has 3 aromatic rings. The highest BCUT2D eigenvalue weighted by atomic mass is 32.2. The van der Waals surface area contributed by atoms with Crippen LogP contribution in [0.15, 0.2) is 83.8 Å². The minimum Gasteiger partial charge on any atom is -0.274 e. The van der Waals surface area contributed by atoms with Gasteiger partial charge in [0, 0.05) is 6.54 Å². The third-order valence-corrected chi connectivity index (χ3v) is 7.03. The molecule has 0 aliphatic carbocycles. The van der Waals surface area contributed by atoms with Crippen LogP contribution in [-0.2, 0) is 26.2 Å². The van der Waals surface area contributed by atoms with Gasteiger partial charge in [-0.2, -0.15) is 4.31 Å². The molecular formula is C23H18F2N2O4S. The largest absolute Gasteiger partial charge is 0.274 e. The van der Waals surface area contributed by atoms with Crippen molar-refractivity contribution in [3.8, 4) is 0 Å². The number of imide groups is 1.